The molecule has 0 amide bonds. The number of nitrogens with two attached hydrogens (primary N) is 1. The smallest absolute Gasteiger partial charge is 0.387 e. The molecule has 106 valence electrons. The fourth-order valence-electron chi connectivity index (χ4n) is 1.83. The van der Waals surface area contributed by atoms with E-state index in [1.807, 2.05) is 0 Å². The third-order valence-corrected chi connectivity index (χ3v) is 2.77. The van der Waals surface area contributed by atoms with Crippen LogP contribution in [0.1, 0.15) is 17.2 Å². The maximum atomic E-state index is 13.2. The van der Waals surface area contributed by atoms with E-state index in [0.717, 1.165) is 12.1 Å². The summed E-state index contributed by atoms with van der Waals surface area (Å²) in [6.45, 7) is -2.99. The first-order valence-corrected chi connectivity index (χ1v) is 5.73. The Morgan fingerprint density at radius 3 is 2.30 bits per heavy atom. The van der Waals surface area contributed by atoms with Gasteiger partial charge < -0.3 is 10.5 Å². The molecule has 0 saturated heterocycles. The Morgan fingerprint density at radius 1 is 0.950 bits per heavy atom. The molecule has 0 fully saturated rings. The SMILES string of the molecule is NC(c1ccc(F)c(F)c1)c1ccccc1OC(F)F. The molecule has 2 nitrogen and oxygen atoms in total. The topological polar surface area (TPSA) is 35.2 Å². The van der Waals surface area contributed by atoms with Gasteiger partial charge in [0.05, 0.1) is 6.04 Å². The van der Waals surface area contributed by atoms with Gasteiger partial charge in [-0.3, -0.25) is 0 Å². The van der Waals surface area contributed by atoms with E-state index < -0.39 is 24.3 Å². The zero-order valence-corrected chi connectivity index (χ0v) is 10.2. The normalized spacial score (nSPS) is 12.5. The second-order valence-corrected chi connectivity index (χ2v) is 4.07. The molecular weight excluding hydrogens is 274 g/mol. The van der Waals surface area contributed by atoms with Crippen LogP contribution in [0.5, 0.6) is 5.75 Å². The van der Waals surface area contributed by atoms with Gasteiger partial charge in [-0.1, -0.05) is 24.3 Å². The first-order chi connectivity index (χ1) is 9.49. The van der Waals surface area contributed by atoms with Crippen molar-refractivity contribution in [3.05, 3.63) is 65.2 Å². The van der Waals surface area contributed by atoms with Gasteiger partial charge in [0.25, 0.3) is 0 Å². The Kier molecular flexibility index (Phi) is 4.24. The second kappa shape index (κ2) is 5.92. The molecular formula is C14H11F4NO. The Morgan fingerprint density at radius 2 is 1.65 bits per heavy atom. The molecule has 0 aliphatic carbocycles. The second-order valence-electron chi connectivity index (χ2n) is 4.07. The third kappa shape index (κ3) is 3.08. The van der Waals surface area contributed by atoms with Crippen molar-refractivity contribution in [2.24, 2.45) is 5.73 Å². The Labute approximate surface area is 112 Å². The molecule has 0 aliphatic rings. The lowest BCUT2D eigenvalue weighted by atomic mass is 9.98. The largest absolute Gasteiger partial charge is 0.434 e. The minimum absolute atomic E-state index is 0.0975. The molecule has 0 bridgehead atoms. The minimum Gasteiger partial charge on any atom is -0.434 e. The van der Waals surface area contributed by atoms with Crippen LogP contribution in [-0.2, 0) is 0 Å². The standard InChI is InChI=1S/C14H11F4NO/c15-10-6-5-8(7-11(10)16)13(19)9-3-1-2-4-12(9)20-14(17)18/h1-7,13-14H,19H2. The lowest BCUT2D eigenvalue weighted by molar-refractivity contribution is -0.0505. The average molecular weight is 285 g/mol. The van der Waals surface area contributed by atoms with Gasteiger partial charge in [0.15, 0.2) is 11.6 Å². The van der Waals surface area contributed by atoms with Gasteiger partial charge >= 0.3 is 6.61 Å². The van der Waals surface area contributed by atoms with Gasteiger partial charge in [0.1, 0.15) is 5.75 Å². The van der Waals surface area contributed by atoms with Crippen molar-refractivity contribution in [2.45, 2.75) is 12.7 Å². The highest BCUT2D eigenvalue weighted by Gasteiger charge is 2.17. The van der Waals surface area contributed by atoms with E-state index in [1.165, 1.54) is 24.3 Å². The van der Waals surface area contributed by atoms with Crippen molar-refractivity contribution in [3.63, 3.8) is 0 Å². The monoisotopic (exact) mass is 285 g/mol. The predicted molar refractivity (Wildman–Crippen MR) is 65.5 cm³/mol. The van der Waals surface area contributed by atoms with Crippen molar-refractivity contribution < 1.29 is 22.3 Å². The van der Waals surface area contributed by atoms with E-state index in [1.54, 1.807) is 6.07 Å². The average Bonchev–Trinajstić information content (AvgIpc) is 2.41. The van der Waals surface area contributed by atoms with E-state index in [0.29, 0.717) is 0 Å². The highest BCUT2D eigenvalue weighted by molar-refractivity contribution is 5.41. The Hall–Kier alpha value is -2.08. The maximum Gasteiger partial charge on any atom is 0.387 e. The fraction of sp³-hybridized carbons (Fsp3) is 0.143. The predicted octanol–water partition coefficient (Wildman–Crippen LogP) is 3.61. The third-order valence-electron chi connectivity index (χ3n) is 2.77. The molecule has 0 radical (unpaired) electrons. The van der Waals surface area contributed by atoms with Crippen LogP contribution in [-0.4, -0.2) is 6.61 Å². The number of rotatable bonds is 4. The molecule has 0 aromatic heterocycles. The number of para-hydroxylation sites is 1. The van der Waals surface area contributed by atoms with Crippen molar-refractivity contribution in [3.8, 4) is 5.75 Å². The molecule has 20 heavy (non-hydrogen) atoms. The van der Waals surface area contributed by atoms with E-state index in [4.69, 9.17) is 5.73 Å². The van der Waals surface area contributed by atoms with Crippen LogP contribution in [0.2, 0.25) is 0 Å². The van der Waals surface area contributed by atoms with Crippen LogP contribution in [0.15, 0.2) is 42.5 Å². The molecule has 2 rings (SSSR count). The van der Waals surface area contributed by atoms with Gasteiger partial charge in [0.2, 0.25) is 0 Å². The Balaban J connectivity index is 2.37. The van der Waals surface area contributed by atoms with Crippen molar-refractivity contribution in [1.29, 1.82) is 0 Å². The highest BCUT2D eigenvalue weighted by Crippen LogP contribution is 2.29. The van der Waals surface area contributed by atoms with E-state index in [2.05, 4.69) is 4.74 Å². The van der Waals surface area contributed by atoms with E-state index in [9.17, 15) is 17.6 Å². The summed E-state index contributed by atoms with van der Waals surface area (Å²) in [6.07, 6.45) is 0. The zero-order valence-electron chi connectivity index (χ0n) is 10.2. The molecule has 2 aromatic carbocycles. The highest BCUT2D eigenvalue weighted by atomic mass is 19.3. The zero-order chi connectivity index (χ0) is 14.7. The molecule has 1 unspecified atom stereocenters. The van der Waals surface area contributed by atoms with Gasteiger partial charge in [-0.25, -0.2) is 8.78 Å². The molecule has 2 N–H and O–H groups in total. The van der Waals surface area contributed by atoms with Gasteiger partial charge in [0, 0.05) is 5.56 Å². The number of ether oxygens (including phenoxy) is 1. The van der Waals surface area contributed by atoms with Crippen LogP contribution >= 0.6 is 0 Å². The lowest BCUT2D eigenvalue weighted by Gasteiger charge is -2.17. The fourth-order valence-corrected chi connectivity index (χ4v) is 1.83. The summed E-state index contributed by atoms with van der Waals surface area (Å²) in [4.78, 5) is 0. The summed E-state index contributed by atoms with van der Waals surface area (Å²) >= 11 is 0. The summed E-state index contributed by atoms with van der Waals surface area (Å²) in [5.74, 6) is -2.15. The number of hydrogen-bond acceptors (Lipinski definition) is 2. The number of halogens is 4. The number of hydrogen-bond donors (Lipinski definition) is 1. The van der Waals surface area contributed by atoms with Gasteiger partial charge in [-0.05, 0) is 23.8 Å². The van der Waals surface area contributed by atoms with Crippen LogP contribution in [0, 0.1) is 11.6 Å². The first-order valence-electron chi connectivity index (χ1n) is 5.73. The summed E-state index contributed by atoms with van der Waals surface area (Å²) in [6, 6.07) is 8.18. The molecule has 6 heteroatoms. The number of alkyl halides is 2. The first kappa shape index (κ1) is 14.3. The van der Waals surface area contributed by atoms with Gasteiger partial charge in [-0.2, -0.15) is 8.78 Å². The van der Waals surface area contributed by atoms with Crippen molar-refractivity contribution in [2.75, 3.05) is 0 Å². The van der Waals surface area contributed by atoms with Gasteiger partial charge in [-0.15, -0.1) is 0 Å². The summed E-state index contributed by atoms with van der Waals surface area (Å²) in [7, 11) is 0. The van der Waals surface area contributed by atoms with Crippen LogP contribution < -0.4 is 10.5 Å². The molecule has 1 atom stereocenters. The quantitative estimate of drug-likeness (QED) is 0.871. The van der Waals surface area contributed by atoms with Crippen LogP contribution in [0.4, 0.5) is 17.6 Å². The maximum absolute atomic E-state index is 13.2. The number of benzene rings is 2. The summed E-state index contributed by atoms with van der Waals surface area (Å²) < 4.78 is 55.0. The van der Waals surface area contributed by atoms with Crippen LogP contribution in [0.25, 0.3) is 0 Å². The molecule has 0 heterocycles. The van der Waals surface area contributed by atoms with Crippen LogP contribution in [0.3, 0.4) is 0 Å². The van der Waals surface area contributed by atoms with Crippen molar-refractivity contribution in [1.82, 2.24) is 0 Å². The van der Waals surface area contributed by atoms with E-state index >= 15 is 0 Å². The minimum atomic E-state index is -2.99. The van der Waals surface area contributed by atoms with Crippen molar-refractivity contribution >= 4 is 0 Å². The summed E-state index contributed by atoms with van der Waals surface area (Å²) in [5.41, 5.74) is 6.42. The molecule has 0 aliphatic heterocycles. The lowest BCUT2D eigenvalue weighted by Crippen LogP contribution is -2.15. The molecule has 0 saturated carbocycles. The van der Waals surface area contributed by atoms with E-state index in [-0.39, 0.29) is 16.9 Å². The molecule has 2 aromatic rings. The molecule has 0 spiro atoms. The summed E-state index contributed by atoms with van der Waals surface area (Å²) in [5, 5.41) is 0. The Bertz CT molecular complexity index is 603.